The molecule has 1 fully saturated rings. The van der Waals surface area contributed by atoms with Crippen molar-refractivity contribution < 1.29 is 19.4 Å². The van der Waals surface area contributed by atoms with E-state index < -0.39 is 18.2 Å². The van der Waals surface area contributed by atoms with E-state index in [2.05, 4.69) is 0 Å². The summed E-state index contributed by atoms with van der Waals surface area (Å²) in [5.41, 5.74) is 0. The van der Waals surface area contributed by atoms with Crippen LogP contribution in [0.1, 0.15) is 26.2 Å². The zero-order chi connectivity index (χ0) is 10.6. The van der Waals surface area contributed by atoms with Gasteiger partial charge in [0, 0.05) is 19.5 Å². The SMILES string of the molecule is CCCCN1CCC(C(=O)O)OC1=O. The summed E-state index contributed by atoms with van der Waals surface area (Å²) in [5, 5.41) is 8.62. The number of hydrogen-bond donors (Lipinski definition) is 1. The molecule has 1 aliphatic rings. The van der Waals surface area contributed by atoms with E-state index in [1.165, 1.54) is 0 Å². The molecule has 1 amide bonds. The van der Waals surface area contributed by atoms with Gasteiger partial charge in [0.25, 0.3) is 0 Å². The molecule has 0 spiro atoms. The standard InChI is InChI=1S/C9H15NO4/c1-2-3-5-10-6-4-7(8(11)12)14-9(10)13/h7H,2-6H2,1H3,(H,11,12). The summed E-state index contributed by atoms with van der Waals surface area (Å²) in [4.78, 5) is 23.3. The monoisotopic (exact) mass is 201 g/mol. The zero-order valence-corrected chi connectivity index (χ0v) is 8.23. The van der Waals surface area contributed by atoms with Crippen molar-refractivity contribution >= 4 is 12.1 Å². The Morgan fingerprint density at radius 2 is 2.43 bits per heavy atom. The number of unbranched alkanes of at least 4 members (excludes halogenated alkanes) is 1. The Hall–Kier alpha value is -1.26. The Balaban J connectivity index is 2.40. The van der Waals surface area contributed by atoms with Gasteiger partial charge in [-0.05, 0) is 6.42 Å². The second-order valence-corrected chi connectivity index (χ2v) is 3.34. The van der Waals surface area contributed by atoms with Gasteiger partial charge in [-0.1, -0.05) is 13.3 Å². The van der Waals surface area contributed by atoms with Gasteiger partial charge in [0.15, 0.2) is 0 Å². The molecule has 0 radical (unpaired) electrons. The van der Waals surface area contributed by atoms with E-state index in [9.17, 15) is 9.59 Å². The van der Waals surface area contributed by atoms with Crippen molar-refractivity contribution in [3.05, 3.63) is 0 Å². The molecule has 1 N–H and O–H groups in total. The van der Waals surface area contributed by atoms with Crippen LogP contribution in [-0.4, -0.2) is 41.3 Å². The van der Waals surface area contributed by atoms with E-state index >= 15 is 0 Å². The summed E-state index contributed by atoms with van der Waals surface area (Å²) in [6.07, 6.45) is 0.849. The Kier molecular flexibility index (Phi) is 3.73. The molecule has 1 atom stereocenters. The molecule has 5 nitrogen and oxygen atoms in total. The van der Waals surface area contributed by atoms with Crippen LogP contribution in [0.2, 0.25) is 0 Å². The maximum Gasteiger partial charge on any atom is 0.410 e. The molecule has 14 heavy (non-hydrogen) atoms. The lowest BCUT2D eigenvalue weighted by atomic mass is 10.2. The largest absolute Gasteiger partial charge is 0.479 e. The van der Waals surface area contributed by atoms with Crippen LogP contribution >= 0.6 is 0 Å². The predicted octanol–water partition coefficient (Wildman–Crippen LogP) is 1.08. The van der Waals surface area contributed by atoms with Gasteiger partial charge in [0.1, 0.15) is 0 Å². The van der Waals surface area contributed by atoms with Gasteiger partial charge in [0.2, 0.25) is 6.10 Å². The minimum absolute atomic E-state index is 0.380. The van der Waals surface area contributed by atoms with Gasteiger partial charge < -0.3 is 14.7 Å². The Morgan fingerprint density at radius 1 is 1.71 bits per heavy atom. The smallest absolute Gasteiger partial charge is 0.410 e. The van der Waals surface area contributed by atoms with Crippen LogP contribution in [0.15, 0.2) is 0 Å². The lowest BCUT2D eigenvalue weighted by Crippen LogP contribution is -2.45. The highest BCUT2D eigenvalue weighted by atomic mass is 16.6. The van der Waals surface area contributed by atoms with Crippen molar-refractivity contribution in [3.63, 3.8) is 0 Å². The molecule has 0 aromatic carbocycles. The maximum absolute atomic E-state index is 11.3. The molecule has 0 saturated carbocycles. The molecule has 0 aromatic rings. The van der Waals surface area contributed by atoms with Crippen LogP contribution in [0.4, 0.5) is 4.79 Å². The fourth-order valence-electron chi connectivity index (χ4n) is 1.35. The third-order valence-corrected chi connectivity index (χ3v) is 2.22. The normalized spacial score (nSPS) is 21.9. The fraction of sp³-hybridized carbons (Fsp3) is 0.778. The number of aliphatic carboxylic acids is 1. The minimum atomic E-state index is -1.06. The van der Waals surface area contributed by atoms with E-state index in [1.54, 1.807) is 4.90 Å². The van der Waals surface area contributed by atoms with Crippen molar-refractivity contribution in [1.82, 2.24) is 4.90 Å². The summed E-state index contributed by atoms with van der Waals surface area (Å²) in [6, 6.07) is 0. The highest BCUT2D eigenvalue weighted by Gasteiger charge is 2.30. The van der Waals surface area contributed by atoms with Gasteiger partial charge in [-0.25, -0.2) is 9.59 Å². The topological polar surface area (TPSA) is 66.8 Å². The molecule has 0 bridgehead atoms. The molecule has 80 valence electrons. The predicted molar refractivity (Wildman–Crippen MR) is 49.0 cm³/mol. The fourth-order valence-corrected chi connectivity index (χ4v) is 1.35. The molecule has 1 unspecified atom stereocenters. The first kappa shape index (κ1) is 10.8. The van der Waals surface area contributed by atoms with E-state index in [-0.39, 0.29) is 0 Å². The summed E-state index contributed by atoms with van der Waals surface area (Å²) in [7, 11) is 0. The quantitative estimate of drug-likeness (QED) is 0.739. The molecule has 0 aliphatic carbocycles. The third kappa shape index (κ3) is 2.61. The van der Waals surface area contributed by atoms with Crippen molar-refractivity contribution in [1.29, 1.82) is 0 Å². The number of carboxylic acid groups (broad SMARTS) is 1. The van der Waals surface area contributed by atoms with Crippen LogP contribution in [0.5, 0.6) is 0 Å². The van der Waals surface area contributed by atoms with E-state index in [0.29, 0.717) is 19.5 Å². The highest BCUT2D eigenvalue weighted by molar-refractivity contribution is 5.78. The first-order valence-electron chi connectivity index (χ1n) is 4.83. The molecule has 5 heteroatoms. The number of carbonyl (C=O) groups is 2. The molecule has 1 saturated heterocycles. The number of amides is 1. The van der Waals surface area contributed by atoms with Gasteiger partial charge >= 0.3 is 12.1 Å². The average Bonchev–Trinajstić information content (AvgIpc) is 2.15. The molecular formula is C9H15NO4. The van der Waals surface area contributed by atoms with Crippen LogP contribution in [0, 0.1) is 0 Å². The summed E-state index contributed by atoms with van der Waals surface area (Å²) in [5.74, 6) is -1.06. The average molecular weight is 201 g/mol. The molecule has 1 rings (SSSR count). The first-order chi connectivity index (χ1) is 6.65. The summed E-state index contributed by atoms with van der Waals surface area (Å²) >= 11 is 0. The lowest BCUT2D eigenvalue weighted by Gasteiger charge is -2.29. The molecular weight excluding hydrogens is 186 g/mol. The highest BCUT2D eigenvalue weighted by Crippen LogP contribution is 2.12. The van der Waals surface area contributed by atoms with Crippen molar-refractivity contribution in [3.8, 4) is 0 Å². The van der Waals surface area contributed by atoms with E-state index in [1.807, 2.05) is 6.92 Å². The number of hydrogen-bond acceptors (Lipinski definition) is 3. The van der Waals surface area contributed by atoms with Crippen LogP contribution in [0.3, 0.4) is 0 Å². The number of nitrogens with zero attached hydrogens (tertiary/aromatic N) is 1. The van der Waals surface area contributed by atoms with Gasteiger partial charge in [-0.2, -0.15) is 0 Å². The Labute approximate surface area is 82.6 Å². The van der Waals surface area contributed by atoms with Crippen molar-refractivity contribution in [2.75, 3.05) is 13.1 Å². The molecule has 1 heterocycles. The Morgan fingerprint density at radius 3 is 2.93 bits per heavy atom. The lowest BCUT2D eigenvalue weighted by molar-refractivity contribution is -0.149. The number of carbonyl (C=O) groups excluding carboxylic acids is 1. The number of carboxylic acids is 1. The second-order valence-electron chi connectivity index (χ2n) is 3.34. The first-order valence-corrected chi connectivity index (χ1v) is 4.83. The van der Waals surface area contributed by atoms with Crippen LogP contribution in [-0.2, 0) is 9.53 Å². The van der Waals surface area contributed by atoms with Crippen molar-refractivity contribution in [2.45, 2.75) is 32.3 Å². The zero-order valence-electron chi connectivity index (χ0n) is 8.23. The molecule has 0 aromatic heterocycles. The van der Waals surface area contributed by atoms with Crippen LogP contribution in [0.25, 0.3) is 0 Å². The Bertz CT molecular complexity index is 229. The maximum atomic E-state index is 11.3. The number of ether oxygens (including phenoxy) is 1. The summed E-state index contributed by atoms with van der Waals surface area (Å²) in [6.45, 7) is 3.17. The van der Waals surface area contributed by atoms with Gasteiger partial charge in [-0.15, -0.1) is 0 Å². The third-order valence-electron chi connectivity index (χ3n) is 2.22. The molecule has 1 aliphatic heterocycles. The van der Waals surface area contributed by atoms with Crippen LogP contribution < -0.4 is 0 Å². The van der Waals surface area contributed by atoms with Gasteiger partial charge in [0.05, 0.1) is 0 Å². The minimum Gasteiger partial charge on any atom is -0.479 e. The summed E-state index contributed by atoms with van der Waals surface area (Å²) < 4.78 is 4.74. The second kappa shape index (κ2) is 4.83. The van der Waals surface area contributed by atoms with E-state index in [0.717, 1.165) is 12.8 Å². The van der Waals surface area contributed by atoms with E-state index in [4.69, 9.17) is 9.84 Å². The van der Waals surface area contributed by atoms with Crippen molar-refractivity contribution in [2.24, 2.45) is 0 Å². The number of cyclic esters (lactones) is 1. The number of rotatable bonds is 4. The van der Waals surface area contributed by atoms with Gasteiger partial charge in [-0.3, -0.25) is 0 Å².